The van der Waals surface area contributed by atoms with Crippen LogP contribution in [0.1, 0.15) is 30.6 Å². The fourth-order valence-electron chi connectivity index (χ4n) is 1.88. The van der Waals surface area contributed by atoms with Crippen LogP contribution in [0, 0.1) is 11.7 Å². The van der Waals surface area contributed by atoms with E-state index in [1.807, 2.05) is 13.8 Å². The van der Waals surface area contributed by atoms with Gasteiger partial charge in [-0.15, -0.1) is 0 Å². The van der Waals surface area contributed by atoms with E-state index in [0.717, 1.165) is 6.07 Å². The van der Waals surface area contributed by atoms with Crippen molar-refractivity contribution in [2.24, 2.45) is 5.92 Å². The first-order valence-electron chi connectivity index (χ1n) is 7.23. The zero-order valence-corrected chi connectivity index (χ0v) is 14.8. The second-order valence-electron chi connectivity index (χ2n) is 5.45. The van der Waals surface area contributed by atoms with Crippen molar-refractivity contribution in [2.75, 3.05) is 6.54 Å². The first-order chi connectivity index (χ1) is 11.2. The summed E-state index contributed by atoms with van der Waals surface area (Å²) in [6.45, 7) is 3.37. The van der Waals surface area contributed by atoms with Crippen molar-refractivity contribution >= 4 is 35.1 Å². The van der Waals surface area contributed by atoms with Crippen LogP contribution in [0.15, 0.2) is 22.7 Å². The molecule has 1 rings (SSSR count). The van der Waals surface area contributed by atoms with Crippen molar-refractivity contribution < 1.29 is 28.7 Å². The quantitative estimate of drug-likeness (QED) is 0.378. The van der Waals surface area contributed by atoms with Crippen molar-refractivity contribution in [3.8, 4) is 0 Å². The molecule has 132 valence electrons. The Labute approximate surface area is 147 Å². The lowest BCUT2D eigenvalue weighted by molar-refractivity contribution is -0.123. The van der Waals surface area contributed by atoms with Crippen LogP contribution < -0.4 is 10.6 Å². The van der Waals surface area contributed by atoms with Crippen molar-refractivity contribution in [1.82, 2.24) is 10.6 Å². The summed E-state index contributed by atoms with van der Waals surface area (Å²) in [6.07, 6.45) is -0.553. The van der Waals surface area contributed by atoms with Gasteiger partial charge in [-0.25, -0.2) is 4.39 Å². The number of nitrogens with one attached hydrogen (secondary N) is 2. The molecule has 0 radical (unpaired) electrons. The molecule has 0 spiro atoms. The van der Waals surface area contributed by atoms with Crippen LogP contribution in [0.2, 0.25) is 0 Å². The predicted molar refractivity (Wildman–Crippen MR) is 89.1 cm³/mol. The van der Waals surface area contributed by atoms with E-state index in [1.165, 1.54) is 12.1 Å². The van der Waals surface area contributed by atoms with Gasteiger partial charge in [0.1, 0.15) is 12.0 Å². The van der Waals surface area contributed by atoms with E-state index in [1.54, 1.807) is 0 Å². The van der Waals surface area contributed by atoms with Gasteiger partial charge in [-0.1, -0.05) is 13.8 Å². The summed E-state index contributed by atoms with van der Waals surface area (Å²) >= 11 is 3.13. The normalized spacial score (nSPS) is 12.0. The van der Waals surface area contributed by atoms with Gasteiger partial charge in [-0.3, -0.25) is 9.59 Å². The Balaban J connectivity index is 2.57. The lowest BCUT2D eigenvalue weighted by Gasteiger charge is -2.21. The van der Waals surface area contributed by atoms with Crippen LogP contribution in [0.25, 0.3) is 0 Å². The largest absolute Gasteiger partial charge is 0.635 e. The summed E-state index contributed by atoms with van der Waals surface area (Å²) in [6, 6.07) is 3.63. The van der Waals surface area contributed by atoms with Crippen LogP contribution in [-0.4, -0.2) is 42.0 Å². The van der Waals surface area contributed by atoms with E-state index in [4.69, 9.17) is 14.7 Å². The van der Waals surface area contributed by atoms with Gasteiger partial charge in [0.2, 0.25) is 5.91 Å². The number of benzene rings is 1. The van der Waals surface area contributed by atoms with E-state index in [-0.39, 0.29) is 18.0 Å². The average molecular weight is 405 g/mol. The molecule has 4 N–H and O–H groups in total. The second kappa shape index (κ2) is 9.72. The van der Waals surface area contributed by atoms with E-state index >= 15 is 0 Å². The van der Waals surface area contributed by atoms with Gasteiger partial charge >= 0.3 is 7.32 Å². The van der Waals surface area contributed by atoms with Crippen LogP contribution in [0.3, 0.4) is 0 Å². The third-order valence-electron chi connectivity index (χ3n) is 2.88. The lowest BCUT2D eigenvalue weighted by atomic mass is 10.1. The topological polar surface area (TPSA) is 108 Å². The van der Waals surface area contributed by atoms with Crippen LogP contribution in [0.5, 0.6) is 0 Å². The fraction of sp³-hybridized carbons (Fsp3) is 0.429. The molecule has 0 saturated heterocycles. The third kappa shape index (κ3) is 7.39. The number of hydrogen-bond donors (Lipinski definition) is 4. The molecule has 1 aromatic carbocycles. The summed E-state index contributed by atoms with van der Waals surface area (Å²) in [5.74, 6) is -1.65. The number of hydrogen-bond acceptors (Lipinski definition) is 5. The minimum Gasteiger partial charge on any atom is -0.402 e. The minimum atomic E-state index is -2.02. The van der Waals surface area contributed by atoms with E-state index in [9.17, 15) is 14.0 Å². The first kappa shape index (κ1) is 20.6. The fourth-order valence-corrected chi connectivity index (χ4v) is 2.31. The zero-order valence-electron chi connectivity index (χ0n) is 13.3. The number of halogens is 2. The Morgan fingerprint density at radius 1 is 1.38 bits per heavy atom. The molecule has 0 aliphatic heterocycles. The molecular formula is C14H19BBrFN2O5. The lowest BCUT2D eigenvalue weighted by Crippen LogP contribution is -2.45. The zero-order chi connectivity index (χ0) is 18.3. The molecule has 1 atom stereocenters. The molecule has 7 nitrogen and oxygen atoms in total. The van der Waals surface area contributed by atoms with Crippen molar-refractivity contribution in [3.05, 3.63) is 34.1 Å². The molecule has 24 heavy (non-hydrogen) atoms. The molecule has 0 aliphatic carbocycles. The van der Waals surface area contributed by atoms with Gasteiger partial charge in [-0.05, 0) is 46.5 Å². The molecule has 0 unspecified atom stereocenters. The predicted octanol–water partition coefficient (Wildman–Crippen LogP) is 0.792. The Bertz CT molecular complexity index is 578. The van der Waals surface area contributed by atoms with Gasteiger partial charge in [0.05, 0.1) is 12.1 Å². The molecule has 1 aromatic rings. The Morgan fingerprint density at radius 3 is 2.62 bits per heavy atom. The molecule has 0 aromatic heterocycles. The molecular weight excluding hydrogens is 386 g/mol. The van der Waals surface area contributed by atoms with Crippen LogP contribution >= 0.6 is 15.9 Å². The summed E-state index contributed by atoms with van der Waals surface area (Å²) in [5, 5.41) is 22.5. The highest BCUT2D eigenvalue weighted by Crippen LogP contribution is 2.17. The minimum absolute atomic E-state index is 0.0589. The maximum Gasteiger partial charge on any atom is 0.635 e. The highest BCUT2D eigenvalue weighted by atomic mass is 79.9. The summed E-state index contributed by atoms with van der Waals surface area (Å²) in [5.41, 5.74) is 0.0589. The summed E-state index contributed by atoms with van der Waals surface area (Å²) < 4.78 is 18.3. The number of amides is 2. The van der Waals surface area contributed by atoms with Crippen LogP contribution in [-0.2, 0) is 9.45 Å². The van der Waals surface area contributed by atoms with Crippen LogP contribution in [0.4, 0.5) is 4.39 Å². The Morgan fingerprint density at radius 2 is 2.04 bits per heavy atom. The van der Waals surface area contributed by atoms with E-state index < -0.39 is 31.2 Å². The summed E-state index contributed by atoms with van der Waals surface area (Å²) in [7, 11) is -2.02. The highest BCUT2D eigenvalue weighted by molar-refractivity contribution is 9.10. The Kier molecular flexibility index (Phi) is 8.33. The highest BCUT2D eigenvalue weighted by Gasteiger charge is 2.21. The van der Waals surface area contributed by atoms with Crippen molar-refractivity contribution in [3.63, 3.8) is 0 Å². The van der Waals surface area contributed by atoms with Gasteiger partial charge in [0.15, 0.2) is 0 Å². The average Bonchev–Trinajstić information content (AvgIpc) is 2.45. The SMILES string of the molecule is CC(C)C[C@H](NC(=O)CNC(=O)c1cc(F)ccc1Br)OB(O)O. The number of carbonyl (C=O) groups is 2. The smallest absolute Gasteiger partial charge is 0.402 e. The maximum atomic E-state index is 13.2. The molecule has 2 amide bonds. The monoisotopic (exact) mass is 404 g/mol. The standard InChI is InChI=1S/C14H19BBrFN2O5/c1-8(2)5-13(24-15(22)23)19-12(20)7-18-14(21)10-6-9(17)3-4-11(10)16/h3-4,6,8,13,22-23H,5,7H2,1-2H3,(H,18,21)(H,19,20)/t13-/m1/s1. The summed E-state index contributed by atoms with van der Waals surface area (Å²) in [4.78, 5) is 23.8. The third-order valence-corrected chi connectivity index (χ3v) is 3.57. The van der Waals surface area contributed by atoms with Gasteiger partial charge in [-0.2, -0.15) is 0 Å². The van der Waals surface area contributed by atoms with Crippen molar-refractivity contribution in [1.29, 1.82) is 0 Å². The van der Waals surface area contributed by atoms with E-state index in [0.29, 0.717) is 10.9 Å². The molecule has 0 heterocycles. The van der Waals surface area contributed by atoms with Gasteiger partial charge < -0.3 is 25.3 Å². The van der Waals surface area contributed by atoms with Gasteiger partial charge in [0.25, 0.3) is 5.91 Å². The first-order valence-corrected chi connectivity index (χ1v) is 8.02. The molecule has 0 bridgehead atoms. The number of rotatable bonds is 8. The molecule has 10 heteroatoms. The van der Waals surface area contributed by atoms with E-state index in [2.05, 4.69) is 26.6 Å². The molecule has 0 aliphatic rings. The van der Waals surface area contributed by atoms with Gasteiger partial charge in [0, 0.05) is 4.47 Å². The Hall–Kier alpha value is -1.49. The molecule has 0 fully saturated rings. The maximum absolute atomic E-state index is 13.2. The number of carbonyl (C=O) groups excluding carboxylic acids is 2. The second-order valence-corrected chi connectivity index (χ2v) is 6.31. The van der Waals surface area contributed by atoms with Crippen molar-refractivity contribution in [2.45, 2.75) is 26.5 Å². The molecule has 0 saturated carbocycles.